The zero-order chi connectivity index (χ0) is 19.0. The summed E-state index contributed by atoms with van der Waals surface area (Å²) in [5.41, 5.74) is 8.10. The fourth-order valence-electron chi connectivity index (χ4n) is 2.74. The van der Waals surface area contributed by atoms with Crippen LogP contribution in [0.15, 0.2) is 38.3 Å². The van der Waals surface area contributed by atoms with Gasteiger partial charge in [-0.1, -0.05) is 23.9 Å². The average Bonchev–Trinajstić information content (AvgIpc) is 3.20. The van der Waals surface area contributed by atoms with Crippen LogP contribution >= 0.6 is 11.8 Å². The number of aromatic nitrogens is 3. The van der Waals surface area contributed by atoms with Gasteiger partial charge in [0.1, 0.15) is 28.5 Å². The van der Waals surface area contributed by atoms with E-state index < -0.39 is 5.97 Å². The molecule has 0 spiro atoms. The number of para-hydroxylation sites is 2. The number of esters is 1. The summed E-state index contributed by atoms with van der Waals surface area (Å²) in [6.07, 6.45) is 0. The molecule has 0 aliphatic rings. The maximum atomic E-state index is 12.2. The summed E-state index contributed by atoms with van der Waals surface area (Å²) in [7, 11) is 0. The van der Waals surface area contributed by atoms with E-state index in [1.807, 2.05) is 24.3 Å². The first-order chi connectivity index (χ1) is 13.1. The first-order valence-electron chi connectivity index (χ1n) is 8.27. The van der Waals surface area contributed by atoms with Gasteiger partial charge in [-0.05, 0) is 26.0 Å². The molecule has 2 N–H and O–H groups in total. The molecule has 1 aromatic carbocycles. The van der Waals surface area contributed by atoms with Crippen molar-refractivity contribution in [1.29, 1.82) is 0 Å². The van der Waals surface area contributed by atoms with Crippen LogP contribution < -0.4 is 5.73 Å². The number of anilines is 1. The molecule has 3 aromatic heterocycles. The molecule has 0 saturated carbocycles. The summed E-state index contributed by atoms with van der Waals surface area (Å²) < 4.78 is 16.3. The smallest absolute Gasteiger partial charge is 0.342 e. The molecule has 27 heavy (non-hydrogen) atoms. The molecule has 0 saturated heterocycles. The Morgan fingerprint density at radius 2 is 2.04 bits per heavy atom. The molecule has 4 rings (SSSR count). The number of thioether (sulfide) groups is 1. The maximum absolute atomic E-state index is 12.2. The molecule has 138 valence electrons. The Balaban J connectivity index is 1.62. The molecule has 9 heteroatoms. The Hall–Kier alpha value is -3.07. The van der Waals surface area contributed by atoms with Crippen molar-refractivity contribution in [3.05, 3.63) is 41.4 Å². The van der Waals surface area contributed by atoms with Gasteiger partial charge >= 0.3 is 5.97 Å². The van der Waals surface area contributed by atoms with Gasteiger partial charge in [0.05, 0.1) is 17.7 Å². The SMILES string of the molecule is CCOC(=O)c1c(C)oc2nc(CSc3nc4ccccc4o3)nc(N)c12. The molecule has 0 aliphatic carbocycles. The van der Waals surface area contributed by atoms with E-state index in [9.17, 15) is 4.79 Å². The fourth-order valence-corrected chi connectivity index (χ4v) is 3.43. The van der Waals surface area contributed by atoms with Crippen LogP contribution in [0, 0.1) is 6.92 Å². The number of hydrogen-bond donors (Lipinski definition) is 1. The normalized spacial score (nSPS) is 11.3. The Labute approximate surface area is 158 Å². The molecule has 8 nitrogen and oxygen atoms in total. The Morgan fingerprint density at radius 1 is 1.22 bits per heavy atom. The van der Waals surface area contributed by atoms with Crippen molar-refractivity contribution in [1.82, 2.24) is 15.0 Å². The topological polar surface area (TPSA) is 117 Å². The molecule has 0 radical (unpaired) electrons. The first-order valence-corrected chi connectivity index (χ1v) is 9.26. The van der Waals surface area contributed by atoms with Crippen LogP contribution in [0.1, 0.15) is 28.9 Å². The standard InChI is InChI=1S/C18H16N4O4S/c1-3-24-17(23)13-9(2)25-16-14(13)15(19)21-12(22-16)8-27-18-20-10-6-4-5-7-11(10)26-18/h4-7H,3,8H2,1-2H3,(H2,19,21,22). The number of nitrogens with zero attached hydrogens (tertiary/aromatic N) is 3. The summed E-state index contributed by atoms with van der Waals surface area (Å²) >= 11 is 1.35. The number of aryl methyl sites for hydroxylation is 1. The zero-order valence-electron chi connectivity index (χ0n) is 14.7. The first kappa shape index (κ1) is 17.3. The van der Waals surface area contributed by atoms with Crippen molar-refractivity contribution in [2.75, 3.05) is 12.3 Å². The quantitative estimate of drug-likeness (QED) is 0.405. The minimum atomic E-state index is -0.502. The lowest BCUT2D eigenvalue weighted by Crippen LogP contribution is -2.07. The van der Waals surface area contributed by atoms with Gasteiger partial charge in [0, 0.05) is 0 Å². The third-order valence-electron chi connectivity index (χ3n) is 3.88. The average molecular weight is 384 g/mol. The van der Waals surface area contributed by atoms with E-state index in [1.165, 1.54) is 11.8 Å². The van der Waals surface area contributed by atoms with E-state index in [1.54, 1.807) is 13.8 Å². The van der Waals surface area contributed by atoms with Gasteiger partial charge in [0.15, 0.2) is 5.58 Å². The number of carbonyl (C=O) groups is 1. The molecule has 0 fully saturated rings. The Bertz CT molecular complexity index is 1120. The summed E-state index contributed by atoms with van der Waals surface area (Å²) in [5.74, 6) is 0.914. The van der Waals surface area contributed by atoms with Gasteiger partial charge in [-0.3, -0.25) is 0 Å². The van der Waals surface area contributed by atoms with E-state index in [0.29, 0.717) is 27.9 Å². The lowest BCUT2D eigenvalue weighted by Gasteiger charge is -2.03. The van der Waals surface area contributed by atoms with Crippen LogP contribution in [0.25, 0.3) is 22.2 Å². The second kappa shape index (κ2) is 6.92. The molecule has 0 amide bonds. The van der Waals surface area contributed by atoms with Crippen molar-refractivity contribution in [2.24, 2.45) is 0 Å². The number of carbonyl (C=O) groups excluding carboxylic acids is 1. The van der Waals surface area contributed by atoms with Crippen LogP contribution in [-0.2, 0) is 10.5 Å². The number of furan rings is 1. The van der Waals surface area contributed by atoms with Crippen LogP contribution in [0.2, 0.25) is 0 Å². The predicted octanol–water partition coefficient (Wildman–Crippen LogP) is 3.72. The van der Waals surface area contributed by atoms with Crippen LogP contribution in [-0.4, -0.2) is 27.5 Å². The zero-order valence-corrected chi connectivity index (χ0v) is 15.5. The lowest BCUT2D eigenvalue weighted by molar-refractivity contribution is 0.0526. The highest BCUT2D eigenvalue weighted by atomic mass is 32.2. The number of fused-ring (bicyclic) bond motifs is 2. The highest BCUT2D eigenvalue weighted by molar-refractivity contribution is 7.98. The van der Waals surface area contributed by atoms with Gasteiger partial charge in [-0.2, -0.15) is 4.98 Å². The highest BCUT2D eigenvalue weighted by Crippen LogP contribution is 2.31. The molecule has 0 unspecified atom stereocenters. The second-order valence-corrected chi connectivity index (χ2v) is 6.62. The van der Waals surface area contributed by atoms with E-state index in [2.05, 4.69) is 15.0 Å². The summed E-state index contributed by atoms with van der Waals surface area (Å²) in [5, 5.41) is 0.892. The molecule has 0 bridgehead atoms. The Kier molecular flexibility index (Phi) is 4.44. The molecule has 0 aliphatic heterocycles. The molecular weight excluding hydrogens is 368 g/mol. The third kappa shape index (κ3) is 3.21. The highest BCUT2D eigenvalue weighted by Gasteiger charge is 2.24. The van der Waals surface area contributed by atoms with Crippen molar-refractivity contribution >= 4 is 45.7 Å². The third-order valence-corrected chi connectivity index (χ3v) is 4.70. The summed E-state index contributed by atoms with van der Waals surface area (Å²) in [6.45, 7) is 3.65. The molecular formula is C18H16N4O4S. The van der Waals surface area contributed by atoms with Gasteiger partial charge in [-0.25, -0.2) is 14.8 Å². The molecule has 0 atom stereocenters. The van der Waals surface area contributed by atoms with Crippen molar-refractivity contribution < 1.29 is 18.4 Å². The minimum absolute atomic E-state index is 0.174. The van der Waals surface area contributed by atoms with Crippen LogP contribution in [0.5, 0.6) is 0 Å². The van der Waals surface area contributed by atoms with Crippen LogP contribution in [0.4, 0.5) is 5.82 Å². The number of nitrogens with two attached hydrogens (primary N) is 1. The Morgan fingerprint density at radius 3 is 2.81 bits per heavy atom. The molecule has 4 aromatic rings. The fraction of sp³-hybridized carbons (Fsp3) is 0.222. The maximum Gasteiger partial charge on any atom is 0.342 e. The van der Waals surface area contributed by atoms with Crippen molar-refractivity contribution in [2.45, 2.75) is 24.8 Å². The number of benzene rings is 1. The van der Waals surface area contributed by atoms with Crippen LogP contribution in [0.3, 0.4) is 0 Å². The van der Waals surface area contributed by atoms with E-state index in [4.69, 9.17) is 19.3 Å². The van der Waals surface area contributed by atoms with E-state index in [-0.39, 0.29) is 23.7 Å². The number of oxazole rings is 1. The number of rotatable bonds is 5. The number of ether oxygens (including phenoxy) is 1. The lowest BCUT2D eigenvalue weighted by atomic mass is 10.2. The number of hydrogen-bond acceptors (Lipinski definition) is 9. The van der Waals surface area contributed by atoms with Gasteiger partial charge in [0.2, 0.25) is 5.71 Å². The monoisotopic (exact) mass is 384 g/mol. The largest absolute Gasteiger partial charge is 0.462 e. The van der Waals surface area contributed by atoms with Gasteiger partial charge in [-0.15, -0.1) is 0 Å². The van der Waals surface area contributed by atoms with Crippen molar-refractivity contribution in [3.63, 3.8) is 0 Å². The summed E-state index contributed by atoms with van der Waals surface area (Å²) in [4.78, 5) is 25.2. The van der Waals surface area contributed by atoms with E-state index >= 15 is 0 Å². The summed E-state index contributed by atoms with van der Waals surface area (Å²) in [6, 6.07) is 7.53. The minimum Gasteiger partial charge on any atom is -0.462 e. The van der Waals surface area contributed by atoms with Crippen molar-refractivity contribution in [3.8, 4) is 0 Å². The van der Waals surface area contributed by atoms with Gasteiger partial charge < -0.3 is 19.3 Å². The van der Waals surface area contributed by atoms with E-state index in [0.717, 1.165) is 11.1 Å². The molecule has 3 heterocycles. The second-order valence-electron chi connectivity index (χ2n) is 5.70. The number of nitrogen functional groups attached to an aromatic ring is 1. The van der Waals surface area contributed by atoms with Gasteiger partial charge in [0.25, 0.3) is 5.22 Å². The predicted molar refractivity (Wildman–Crippen MR) is 100 cm³/mol.